The largest absolute Gasteiger partial charge is 0.346 e. The van der Waals surface area contributed by atoms with Crippen LogP contribution in [-0.2, 0) is 13.6 Å². The Morgan fingerprint density at radius 1 is 1.50 bits per heavy atom. The number of nitro groups is 1. The highest BCUT2D eigenvalue weighted by Gasteiger charge is 2.17. The van der Waals surface area contributed by atoms with E-state index in [4.69, 9.17) is 0 Å². The Kier molecular flexibility index (Phi) is 3.74. The maximum Gasteiger partial charge on any atom is 0.305 e. The number of hydrogen-bond donors (Lipinski definition) is 1. The average Bonchev–Trinajstić information content (AvgIpc) is 2.81. The minimum atomic E-state index is -0.974. The van der Waals surface area contributed by atoms with E-state index in [1.54, 1.807) is 24.0 Å². The predicted molar refractivity (Wildman–Crippen MR) is 67.4 cm³/mol. The molecule has 104 valence electrons. The van der Waals surface area contributed by atoms with Crippen molar-refractivity contribution in [1.82, 2.24) is 15.1 Å². The van der Waals surface area contributed by atoms with Crippen LogP contribution in [0, 0.1) is 15.9 Å². The highest BCUT2D eigenvalue weighted by atomic mass is 19.1. The third-order valence-electron chi connectivity index (χ3n) is 2.76. The first kappa shape index (κ1) is 13.7. The number of nitrogens with zero attached hydrogens (tertiary/aromatic N) is 3. The fourth-order valence-electron chi connectivity index (χ4n) is 1.64. The molecule has 0 radical (unpaired) electrons. The predicted octanol–water partition coefficient (Wildman–Crippen LogP) is 1.40. The van der Waals surface area contributed by atoms with Crippen LogP contribution in [0.1, 0.15) is 16.1 Å². The highest BCUT2D eigenvalue weighted by Crippen LogP contribution is 2.18. The molecular formula is C12H11FN4O3. The van der Waals surface area contributed by atoms with Crippen molar-refractivity contribution in [2.24, 2.45) is 7.05 Å². The molecule has 2 aromatic rings. The molecule has 0 bridgehead atoms. The maximum atomic E-state index is 13.2. The zero-order valence-electron chi connectivity index (χ0n) is 10.5. The van der Waals surface area contributed by atoms with Gasteiger partial charge in [0, 0.05) is 24.9 Å². The second-order valence-corrected chi connectivity index (χ2v) is 4.05. The van der Waals surface area contributed by atoms with Crippen molar-refractivity contribution in [2.75, 3.05) is 0 Å². The molecule has 0 aliphatic carbocycles. The van der Waals surface area contributed by atoms with E-state index in [1.807, 2.05) is 0 Å². The number of nitrogens with one attached hydrogen (secondary N) is 1. The van der Waals surface area contributed by atoms with Crippen LogP contribution in [-0.4, -0.2) is 20.6 Å². The van der Waals surface area contributed by atoms with Gasteiger partial charge < -0.3 is 5.32 Å². The number of amides is 1. The van der Waals surface area contributed by atoms with Crippen LogP contribution < -0.4 is 5.32 Å². The van der Waals surface area contributed by atoms with E-state index in [-0.39, 0.29) is 12.1 Å². The Morgan fingerprint density at radius 2 is 2.25 bits per heavy atom. The van der Waals surface area contributed by atoms with E-state index in [1.165, 1.54) is 6.07 Å². The quantitative estimate of drug-likeness (QED) is 0.676. The van der Waals surface area contributed by atoms with Gasteiger partial charge in [0.2, 0.25) is 5.82 Å². The summed E-state index contributed by atoms with van der Waals surface area (Å²) < 4.78 is 14.8. The molecule has 0 saturated carbocycles. The normalized spacial score (nSPS) is 10.3. The van der Waals surface area contributed by atoms with E-state index in [2.05, 4.69) is 10.4 Å². The lowest BCUT2D eigenvalue weighted by Gasteiger charge is -2.05. The van der Waals surface area contributed by atoms with Gasteiger partial charge in [-0.2, -0.15) is 9.49 Å². The molecule has 0 fully saturated rings. The molecule has 20 heavy (non-hydrogen) atoms. The molecule has 0 atom stereocenters. The van der Waals surface area contributed by atoms with Crippen molar-refractivity contribution in [3.63, 3.8) is 0 Å². The van der Waals surface area contributed by atoms with Crippen LogP contribution in [0.25, 0.3) is 0 Å². The van der Waals surface area contributed by atoms with Crippen LogP contribution >= 0.6 is 0 Å². The van der Waals surface area contributed by atoms with Crippen molar-refractivity contribution >= 4 is 11.6 Å². The van der Waals surface area contributed by atoms with Gasteiger partial charge in [0.1, 0.15) is 0 Å². The van der Waals surface area contributed by atoms with Crippen molar-refractivity contribution < 1.29 is 14.1 Å². The summed E-state index contributed by atoms with van der Waals surface area (Å²) in [5.41, 5.74) is 0.0772. The Bertz CT molecular complexity index is 668. The van der Waals surface area contributed by atoms with E-state index in [9.17, 15) is 19.3 Å². The van der Waals surface area contributed by atoms with Gasteiger partial charge >= 0.3 is 5.69 Å². The van der Waals surface area contributed by atoms with Gasteiger partial charge in [0.25, 0.3) is 5.91 Å². The van der Waals surface area contributed by atoms with Crippen LogP contribution in [0.15, 0.2) is 30.5 Å². The van der Waals surface area contributed by atoms with Crippen molar-refractivity contribution in [3.05, 3.63) is 57.7 Å². The van der Waals surface area contributed by atoms with Crippen molar-refractivity contribution in [1.29, 1.82) is 0 Å². The summed E-state index contributed by atoms with van der Waals surface area (Å²) in [5, 5.41) is 17.1. The topological polar surface area (TPSA) is 90.1 Å². The van der Waals surface area contributed by atoms with E-state index >= 15 is 0 Å². The molecule has 8 heteroatoms. The fourth-order valence-corrected chi connectivity index (χ4v) is 1.64. The summed E-state index contributed by atoms with van der Waals surface area (Å²) in [6.07, 6.45) is 1.59. The maximum absolute atomic E-state index is 13.2. The Balaban J connectivity index is 2.12. The van der Waals surface area contributed by atoms with Crippen LogP contribution in [0.4, 0.5) is 10.1 Å². The molecule has 1 heterocycles. The number of benzene rings is 1. The smallest absolute Gasteiger partial charge is 0.305 e. The minimum absolute atomic E-state index is 0.0280. The van der Waals surface area contributed by atoms with Crippen molar-refractivity contribution in [3.8, 4) is 0 Å². The zero-order valence-corrected chi connectivity index (χ0v) is 10.5. The Morgan fingerprint density at radius 3 is 2.85 bits per heavy atom. The molecule has 0 saturated heterocycles. The first-order valence-corrected chi connectivity index (χ1v) is 5.68. The summed E-state index contributed by atoms with van der Waals surface area (Å²) in [5.74, 6) is -1.49. The van der Waals surface area contributed by atoms with Crippen LogP contribution in [0.2, 0.25) is 0 Å². The third-order valence-corrected chi connectivity index (χ3v) is 2.76. The number of halogens is 1. The molecule has 2 rings (SSSR count). The second-order valence-electron chi connectivity index (χ2n) is 4.05. The van der Waals surface area contributed by atoms with Gasteiger partial charge in [-0.25, -0.2) is 0 Å². The van der Waals surface area contributed by atoms with Gasteiger partial charge in [0.05, 0.1) is 17.2 Å². The molecule has 1 amide bonds. The fraction of sp³-hybridized carbons (Fsp3) is 0.167. The first-order chi connectivity index (χ1) is 9.49. The lowest BCUT2D eigenvalue weighted by Crippen LogP contribution is -2.24. The minimum Gasteiger partial charge on any atom is -0.346 e. The molecular weight excluding hydrogens is 267 g/mol. The monoisotopic (exact) mass is 278 g/mol. The lowest BCUT2D eigenvalue weighted by molar-refractivity contribution is -0.387. The molecule has 0 aliphatic rings. The lowest BCUT2D eigenvalue weighted by atomic mass is 10.2. The molecule has 0 spiro atoms. The van der Waals surface area contributed by atoms with Gasteiger partial charge in [-0.3, -0.25) is 19.6 Å². The van der Waals surface area contributed by atoms with E-state index in [0.717, 1.165) is 17.8 Å². The average molecular weight is 278 g/mol. The molecule has 7 nitrogen and oxygen atoms in total. The summed E-state index contributed by atoms with van der Waals surface area (Å²) in [7, 11) is 1.73. The highest BCUT2D eigenvalue weighted by molar-refractivity contribution is 5.94. The second kappa shape index (κ2) is 5.47. The number of rotatable bonds is 4. The first-order valence-electron chi connectivity index (χ1n) is 5.68. The number of carbonyl (C=O) groups is 1. The number of aryl methyl sites for hydroxylation is 1. The zero-order chi connectivity index (χ0) is 14.7. The molecule has 0 aliphatic heterocycles. The number of carbonyl (C=O) groups excluding carboxylic acids is 1. The van der Waals surface area contributed by atoms with Crippen molar-refractivity contribution in [2.45, 2.75) is 6.54 Å². The van der Waals surface area contributed by atoms with E-state index in [0.29, 0.717) is 0 Å². The SMILES string of the molecule is Cn1nccc1CNC(=O)c1ccc(F)c([N+](=O)[O-])c1. The summed E-state index contributed by atoms with van der Waals surface area (Å²) in [4.78, 5) is 21.6. The number of nitro benzene ring substituents is 1. The molecule has 0 unspecified atom stereocenters. The summed E-state index contributed by atoms with van der Waals surface area (Å²) in [6.45, 7) is 0.223. The third kappa shape index (κ3) is 2.79. The van der Waals surface area contributed by atoms with Gasteiger partial charge in [-0.1, -0.05) is 0 Å². The van der Waals surface area contributed by atoms with E-state index < -0.39 is 22.3 Å². The molecule has 1 aromatic heterocycles. The number of aromatic nitrogens is 2. The Labute approximate surface area is 113 Å². The molecule has 1 N–H and O–H groups in total. The summed E-state index contributed by atoms with van der Waals surface area (Å²) >= 11 is 0. The Hall–Kier alpha value is -2.77. The summed E-state index contributed by atoms with van der Waals surface area (Å²) in [6, 6.07) is 4.74. The van der Waals surface area contributed by atoms with Gasteiger partial charge in [0.15, 0.2) is 0 Å². The number of hydrogen-bond acceptors (Lipinski definition) is 4. The van der Waals surface area contributed by atoms with Crippen LogP contribution in [0.5, 0.6) is 0 Å². The van der Waals surface area contributed by atoms with Gasteiger partial charge in [-0.15, -0.1) is 0 Å². The standard InChI is InChI=1S/C12H11FN4O3/c1-16-9(4-5-15-16)7-14-12(18)8-2-3-10(13)11(6-8)17(19)20/h2-6H,7H2,1H3,(H,14,18). The van der Waals surface area contributed by atoms with Gasteiger partial charge in [-0.05, 0) is 18.2 Å². The molecule has 1 aromatic carbocycles. The van der Waals surface area contributed by atoms with Crippen LogP contribution in [0.3, 0.4) is 0 Å².